The van der Waals surface area contributed by atoms with Crippen molar-refractivity contribution in [3.05, 3.63) is 38.9 Å². The van der Waals surface area contributed by atoms with E-state index in [2.05, 4.69) is 0 Å². The maximum atomic E-state index is 10.7. The van der Waals surface area contributed by atoms with Crippen LogP contribution >= 0.6 is 11.6 Å². The summed E-state index contributed by atoms with van der Waals surface area (Å²) in [5.41, 5.74) is -0.912. The van der Waals surface area contributed by atoms with Crippen LogP contribution in [0.15, 0.2) is 18.2 Å². The number of nitro groups is 1. The first-order valence-electron chi connectivity index (χ1n) is 4.20. The lowest BCUT2D eigenvalue weighted by atomic mass is 10.1. The van der Waals surface area contributed by atoms with Crippen molar-refractivity contribution >= 4 is 17.3 Å². The molecule has 0 unspecified atom stereocenters. The first kappa shape index (κ1) is 9.43. The van der Waals surface area contributed by atoms with Gasteiger partial charge in [-0.2, -0.15) is 0 Å². The Kier molecular flexibility index (Phi) is 1.97. The number of halogens is 1. The largest absolute Gasteiger partial charge is 0.385 e. The SMILES string of the molecule is O=[N+]([O-])c1cccc(Cl)c1C1(O)CC1. The Morgan fingerprint density at radius 3 is 2.64 bits per heavy atom. The van der Waals surface area contributed by atoms with Crippen LogP contribution in [0.4, 0.5) is 5.69 Å². The van der Waals surface area contributed by atoms with E-state index in [1.165, 1.54) is 12.1 Å². The average molecular weight is 214 g/mol. The highest BCUT2D eigenvalue weighted by Crippen LogP contribution is 2.51. The molecule has 1 aromatic carbocycles. The van der Waals surface area contributed by atoms with Crippen molar-refractivity contribution in [1.29, 1.82) is 0 Å². The number of benzene rings is 1. The molecule has 5 heteroatoms. The van der Waals surface area contributed by atoms with Gasteiger partial charge in [-0.3, -0.25) is 10.1 Å². The van der Waals surface area contributed by atoms with Gasteiger partial charge in [-0.05, 0) is 18.9 Å². The smallest absolute Gasteiger partial charge is 0.276 e. The molecule has 1 aromatic rings. The van der Waals surface area contributed by atoms with Crippen LogP contribution in [0.5, 0.6) is 0 Å². The Morgan fingerprint density at radius 1 is 1.50 bits per heavy atom. The van der Waals surface area contributed by atoms with Crippen molar-refractivity contribution < 1.29 is 10.0 Å². The van der Waals surface area contributed by atoms with E-state index in [9.17, 15) is 15.2 Å². The third kappa shape index (κ3) is 1.36. The van der Waals surface area contributed by atoms with Gasteiger partial charge in [-0.15, -0.1) is 0 Å². The van der Waals surface area contributed by atoms with E-state index in [4.69, 9.17) is 11.6 Å². The Bertz CT molecular complexity index is 401. The van der Waals surface area contributed by atoms with Crippen LogP contribution in [0.3, 0.4) is 0 Å². The highest BCUT2D eigenvalue weighted by Gasteiger charge is 2.47. The zero-order valence-electron chi connectivity index (χ0n) is 7.24. The normalized spacial score (nSPS) is 17.9. The maximum absolute atomic E-state index is 10.7. The number of rotatable bonds is 2. The lowest BCUT2D eigenvalue weighted by Crippen LogP contribution is -2.08. The second-order valence-corrected chi connectivity index (χ2v) is 3.83. The van der Waals surface area contributed by atoms with Crippen LogP contribution in [0, 0.1) is 10.1 Å². The molecular formula is C9H8ClNO3. The minimum Gasteiger partial charge on any atom is -0.385 e. The summed E-state index contributed by atoms with van der Waals surface area (Å²) < 4.78 is 0. The van der Waals surface area contributed by atoms with Crippen LogP contribution in [-0.4, -0.2) is 10.0 Å². The lowest BCUT2D eigenvalue weighted by Gasteiger charge is -2.09. The summed E-state index contributed by atoms with van der Waals surface area (Å²) in [5, 5.41) is 20.8. The molecule has 0 aromatic heterocycles. The van der Waals surface area contributed by atoms with Crippen LogP contribution in [0.25, 0.3) is 0 Å². The molecule has 1 saturated carbocycles. The zero-order chi connectivity index (χ0) is 10.3. The summed E-state index contributed by atoms with van der Waals surface area (Å²) >= 11 is 5.83. The molecule has 0 spiro atoms. The van der Waals surface area contributed by atoms with E-state index in [0.717, 1.165) is 0 Å². The van der Waals surface area contributed by atoms with Crippen LogP contribution in [0.2, 0.25) is 5.02 Å². The molecule has 0 heterocycles. The summed E-state index contributed by atoms with van der Waals surface area (Å²) in [6, 6.07) is 4.42. The first-order chi connectivity index (χ1) is 6.54. The van der Waals surface area contributed by atoms with Crippen LogP contribution < -0.4 is 0 Å². The summed E-state index contributed by atoms with van der Waals surface area (Å²) in [5.74, 6) is 0. The summed E-state index contributed by atoms with van der Waals surface area (Å²) in [7, 11) is 0. The number of nitrogens with zero attached hydrogens (tertiary/aromatic N) is 1. The third-order valence-corrected chi connectivity index (χ3v) is 2.69. The van der Waals surface area contributed by atoms with E-state index in [-0.39, 0.29) is 16.3 Å². The van der Waals surface area contributed by atoms with Crippen molar-refractivity contribution in [2.45, 2.75) is 18.4 Å². The number of nitro benzene ring substituents is 1. The van der Waals surface area contributed by atoms with Gasteiger partial charge in [0.05, 0.1) is 21.1 Å². The van der Waals surface area contributed by atoms with Crippen molar-refractivity contribution in [2.24, 2.45) is 0 Å². The molecular weight excluding hydrogens is 206 g/mol. The van der Waals surface area contributed by atoms with E-state index in [1.54, 1.807) is 6.07 Å². The fraction of sp³-hybridized carbons (Fsp3) is 0.333. The molecule has 1 aliphatic rings. The molecule has 1 aliphatic carbocycles. The Labute approximate surface area is 85.3 Å². The topological polar surface area (TPSA) is 63.4 Å². The van der Waals surface area contributed by atoms with E-state index in [0.29, 0.717) is 12.8 Å². The molecule has 14 heavy (non-hydrogen) atoms. The Morgan fingerprint density at radius 2 is 2.14 bits per heavy atom. The second kappa shape index (κ2) is 2.93. The highest BCUT2D eigenvalue weighted by molar-refractivity contribution is 6.31. The van der Waals surface area contributed by atoms with Gasteiger partial charge in [-0.25, -0.2) is 0 Å². The van der Waals surface area contributed by atoms with E-state index >= 15 is 0 Å². The third-order valence-electron chi connectivity index (χ3n) is 2.38. The summed E-state index contributed by atoms with van der Waals surface area (Å²) in [6.45, 7) is 0. The van der Waals surface area contributed by atoms with Gasteiger partial charge in [0.15, 0.2) is 0 Å². The number of hydrogen-bond donors (Lipinski definition) is 1. The molecule has 2 rings (SSSR count). The minimum atomic E-state index is -1.07. The molecule has 0 saturated heterocycles. The summed E-state index contributed by atoms with van der Waals surface area (Å²) in [6.07, 6.45) is 1.08. The number of hydrogen-bond acceptors (Lipinski definition) is 3. The van der Waals surface area contributed by atoms with Gasteiger partial charge < -0.3 is 5.11 Å². The maximum Gasteiger partial charge on any atom is 0.276 e. The Hall–Kier alpha value is -1.13. The van der Waals surface area contributed by atoms with Crippen LogP contribution in [-0.2, 0) is 5.60 Å². The van der Waals surface area contributed by atoms with Gasteiger partial charge in [-0.1, -0.05) is 17.7 Å². The molecule has 1 N–H and O–H groups in total. The minimum absolute atomic E-state index is 0.0995. The van der Waals surface area contributed by atoms with Crippen molar-refractivity contribution in [3.8, 4) is 0 Å². The molecule has 0 radical (unpaired) electrons. The number of aliphatic hydroxyl groups is 1. The van der Waals surface area contributed by atoms with Crippen molar-refractivity contribution in [1.82, 2.24) is 0 Å². The van der Waals surface area contributed by atoms with Gasteiger partial charge in [0, 0.05) is 6.07 Å². The summed E-state index contributed by atoms with van der Waals surface area (Å²) in [4.78, 5) is 10.2. The Balaban J connectivity index is 2.60. The fourth-order valence-corrected chi connectivity index (χ4v) is 1.84. The fourth-order valence-electron chi connectivity index (χ4n) is 1.49. The van der Waals surface area contributed by atoms with Gasteiger partial charge in [0.1, 0.15) is 0 Å². The van der Waals surface area contributed by atoms with Gasteiger partial charge in [0.25, 0.3) is 5.69 Å². The monoisotopic (exact) mass is 213 g/mol. The van der Waals surface area contributed by atoms with Gasteiger partial charge in [0.2, 0.25) is 0 Å². The molecule has 0 atom stereocenters. The molecule has 0 bridgehead atoms. The standard InChI is InChI=1S/C9H8ClNO3/c10-6-2-1-3-7(11(13)14)8(6)9(12)4-5-9/h1-3,12H,4-5H2. The van der Waals surface area contributed by atoms with Gasteiger partial charge >= 0.3 is 0 Å². The quantitative estimate of drug-likeness (QED) is 0.605. The first-order valence-corrected chi connectivity index (χ1v) is 4.58. The van der Waals surface area contributed by atoms with Crippen LogP contribution in [0.1, 0.15) is 18.4 Å². The molecule has 4 nitrogen and oxygen atoms in total. The molecule has 0 aliphatic heterocycles. The zero-order valence-corrected chi connectivity index (χ0v) is 7.99. The van der Waals surface area contributed by atoms with E-state index in [1.807, 2.05) is 0 Å². The average Bonchev–Trinajstić information content (AvgIpc) is 2.84. The predicted octanol–water partition coefficient (Wildman–Crippen LogP) is 2.23. The lowest BCUT2D eigenvalue weighted by molar-refractivity contribution is -0.386. The predicted molar refractivity (Wildman–Crippen MR) is 51.2 cm³/mol. The molecule has 74 valence electrons. The van der Waals surface area contributed by atoms with Crippen molar-refractivity contribution in [3.63, 3.8) is 0 Å². The molecule has 0 amide bonds. The van der Waals surface area contributed by atoms with E-state index < -0.39 is 10.5 Å². The molecule has 1 fully saturated rings. The second-order valence-electron chi connectivity index (χ2n) is 3.42. The highest BCUT2D eigenvalue weighted by atomic mass is 35.5. The van der Waals surface area contributed by atoms with Crippen molar-refractivity contribution in [2.75, 3.05) is 0 Å².